The number of aromatic nitrogens is 2. The molecule has 1 aromatic carbocycles. The fraction of sp³-hybridized carbons (Fsp3) is 0.600. The van der Waals surface area contributed by atoms with Gasteiger partial charge in [0.05, 0.1) is 17.0 Å². The molecule has 4 fully saturated rings. The van der Waals surface area contributed by atoms with Gasteiger partial charge in [0, 0.05) is 50.7 Å². The number of piperidine rings is 2. The predicted octanol–water partition coefficient (Wildman–Crippen LogP) is 3.85. The Labute approximate surface area is 220 Å². The number of rotatable bonds is 6. The van der Waals surface area contributed by atoms with Crippen LogP contribution in [-0.2, 0) is 11.3 Å². The van der Waals surface area contributed by atoms with E-state index in [4.69, 9.17) is 0 Å². The molecule has 0 radical (unpaired) electrons. The summed E-state index contributed by atoms with van der Waals surface area (Å²) in [5, 5.41) is 0. The van der Waals surface area contributed by atoms with Crippen molar-refractivity contribution in [1.29, 1.82) is 0 Å². The second kappa shape index (κ2) is 10.2. The molecule has 1 aromatic heterocycles. The summed E-state index contributed by atoms with van der Waals surface area (Å²) in [5.74, 6) is 1.82. The summed E-state index contributed by atoms with van der Waals surface area (Å²) in [4.78, 5) is 42.1. The maximum absolute atomic E-state index is 13.4. The Bertz CT molecular complexity index is 1110. The summed E-state index contributed by atoms with van der Waals surface area (Å²) in [7, 11) is 0. The number of hydrogen-bond donors (Lipinski definition) is 0. The Kier molecular flexibility index (Phi) is 6.74. The van der Waals surface area contributed by atoms with Crippen molar-refractivity contribution in [3.63, 3.8) is 0 Å². The molecule has 2 saturated heterocycles. The smallest absolute Gasteiger partial charge is 0.257 e. The minimum absolute atomic E-state index is 0.0722. The molecule has 7 heteroatoms. The molecule has 2 bridgehead atoms. The zero-order valence-electron chi connectivity index (χ0n) is 22.2. The predicted molar refractivity (Wildman–Crippen MR) is 142 cm³/mol. The first-order valence-corrected chi connectivity index (χ1v) is 14.2. The van der Waals surface area contributed by atoms with Gasteiger partial charge in [-0.15, -0.1) is 0 Å². The highest BCUT2D eigenvalue weighted by atomic mass is 16.2. The monoisotopic (exact) mass is 501 g/mol. The third kappa shape index (κ3) is 4.90. The number of nitrogens with zero attached hydrogens (tertiary/aromatic N) is 5. The maximum Gasteiger partial charge on any atom is 0.257 e. The van der Waals surface area contributed by atoms with Crippen molar-refractivity contribution in [3.8, 4) is 0 Å². The molecule has 2 unspecified atom stereocenters. The first-order valence-electron chi connectivity index (χ1n) is 14.2. The number of aryl methyl sites for hydroxylation is 2. The first kappa shape index (κ1) is 24.5. The molecule has 6 rings (SSSR count). The van der Waals surface area contributed by atoms with Gasteiger partial charge >= 0.3 is 0 Å². The Morgan fingerprint density at radius 2 is 1.51 bits per heavy atom. The third-order valence-electron chi connectivity index (χ3n) is 9.29. The molecule has 3 heterocycles. The van der Waals surface area contributed by atoms with Crippen LogP contribution >= 0.6 is 0 Å². The van der Waals surface area contributed by atoms with E-state index in [2.05, 4.69) is 44.0 Å². The topological polar surface area (TPSA) is 69.6 Å². The van der Waals surface area contributed by atoms with Gasteiger partial charge in [-0.25, -0.2) is 9.97 Å². The van der Waals surface area contributed by atoms with E-state index < -0.39 is 0 Å². The van der Waals surface area contributed by atoms with E-state index in [0.29, 0.717) is 35.4 Å². The largest absolute Gasteiger partial charge is 0.338 e. The molecule has 2 saturated carbocycles. The van der Waals surface area contributed by atoms with Crippen LogP contribution in [0.3, 0.4) is 0 Å². The maximum atomic E-state index is 13.4. The fourth-order valence-corrected chi connectivity index (χ4v) is 7.21. The quantitative estimate of drug-likeness (QED) is 0.602. The Balaban J connectivity index is 1.10. The van der Waals surface area contributed by atoms with Gasteiger partial charge in [-0.05, 0) is 69.8 Å². The highest BCUT2D eigenvalue weighted by molar-refractivity contribution is 5.96. The lowest BCUT2D eigenvalue weighted by atomic mass is 9.87. The molecule has 4 aliphatic rings. The van der Waals surface area contributed by atoms with Crippen molar-refractivity contribution in [1.82, 2.24) is 24.7 Å². The Hall–Kier alpha value is -2.80. The molecule has 2 aliphatic heterocycles. The Morgan fingerprint density at radius 1 is 0.892 bits per heavy atom. The van der Waals surface area contributed by atoms with Crippen LogP contribution in [-0.4, -0.2) is 74.7 Å². The summed E-state index contributed by atoms with van der Waals surface area (Å²) in [6.07, 6.45) is 8.11. The number of hydrogen-bond acceptors (Lipinski definition) is 5. The van der Waals surface area contributed by atoms with Crippen LogP contribution in [0.5, 0.6) is 0 Å². The third-order valence-corrected chi connectivity index (χ3v) is 9.29. The van der Waals surface area contributed by atoms with E-state index in [1.54, 1.807) is 0 Å². The van der Waals surface area contributed by atoms with Crippen molar-refractivity contribution in [2.45, 2.75) is 71.0 Å². The molecule has 0 spiro atoms. The summed E-state index contributed by atoms with van der Waals surface area (Å²) in [6.45, 7) is 8.25. The van der Waals surface area contributed by atoms with E-state index >= 15 is 0 Å². The van der Waals surface area contributed by atoms with Crippen LogP contribution in [0, 0.1) is 31.6 Å². The van der Waals surface area contributed by atoms with Crippen molar-refractivity contribution in [3.05, 3.63) is 59.2 Å². The van der Waals surface area contributed by atoms with Gasteiger partial charge in [-0.1, -0.05) is 30.3 Å². The van der Waals surface area contributed by atoms with Gasteiger partial charge in [0.1, 0.15) is 6.33 Å². The molecule has 37 heavy (non-hydrogen) atoms. The van der Waals surface area contributed by atoms with E-state index in [1.807, 2.05) is 24.8 Å². The van der Waals surface area contributed by atoms with Crippen LogP contribution in [0.1, 0.15) is 65.8 Å². The normalized spacial score (nSPS) is 26.3. The first-order chi connectivity index (χ1) is 18.0. The number of carbonyl (C=O) groups is 2. The lowest BCUT2D eigenvalue weighted by Crippen LogP contribution is -2.58. The number of benzene rings is 1. The van der Waals surface area contributed by atoms with Crippen molar-refractivity contribution < 1.29 is 9.59 Å². The molecular weight excluding hydrogens is 462 g/mol. The molecule has 196 valence electrons. The van der Waals surface area contributed by atoms with Gasteiger partial charge in [-0.2, -0.15) is 0 Å². The van der Waals surface area contributed by atoms with E-state index in [-0.39, 0.29) is 11.8 Å². The molecule has 2 amide bonds. The minimum atomic E-state index is 0.0722. The highest BCUT2D eigenvalue weighted by Crippen LogP contribution is 2.44. The molecule has 2 aromatic rings. The van der Waals surface area contributed by atoms with Crippen LogP contribution in [0.25, 0.3) is 0 Å². The van der Waals surface area contributed by atoms with E-state index in [9.17, 15) is 9.59 Å². The highest BCUT2D eigenvalue weighted by Gasteiger charge is 2.49. The summed E-state index contributed by atoms with van der Waals surface area (Å²) >= 11 is 0. The number of likely N-dealkylation sites (tertiary alicyclic amines) is 2. The van der Waals surface area contributed by atoms with Gasteiger partial charge in [0.15, 0.2) is 0 Å². The average molecular weight is 502 g/mol. The van der Waals surface area contributed by atoms with Crippen molar-refractivity contribution in [2.75, 3.05) is 26.2 Å². The van der Waals surface area contributed by atoms with Crippen LogP contribution in [0.2, 0.25) is 0 Å². The van der Waals surface area contributed by atoms with Crippen LogP contribution < -0.4 is 0 Å². The lowest BCUT2D eigenvalue weighted by Gasteiger charge is -2.48. The number of fused-ring (bicyclic) bond motifs is 2. The SMILES string of the molecule is Cc1ncnc(C)c1C(=O)N1CCC(N2CC3CCC(C2)C3N(Cc2ccccc2)C(=O)C2CC2)CC1. The number of amides is 2. The second-order valence-electron chi connectivity index (χ2n) is 11.7. The number of carbonyl (C=O) groups excluding carboxylic acids is 2. The molecular formula is C30H39N5O2. The van der Waals surface area contributed by atoms with E-state index in [1.165, 1.54) is 24.7 Å². The van der Waals surface area contributed by atoms with Gasteiger partial charge in [-0.3, -0.25) is 14.5 Å². The summed E-state index contributed by atoms with van der Waals surface area (Å²) in [5.41, 5.74) is 3.43. The Morgan fingerprint density at radius 3 is 2.11 bits per heavy atom. The van der Waals surface area contributed by atoms with Gasteiger partial charge < -0.3 is 9.80 Å². The molecule has 7 nitrogen and oxygen atoms in total. The standard InChI is InChI=1S/C30H39N5O2/c1-20-27(21(2)32-19-31-20)30(37)33-14-12-26(13-15-33)34-17-24-10-11-25(18-34)28(24)35(29(36)23-8-9-23)16-22-6-4-3-5-7-22/h3-7,19,23-26,28H,8-18H2,1-2H3. The zero-order valence-corrected chi connectivity index (χ0v) is 22.2. The van der Waals surface area contributed by atoms with Crippen molar-refractivity contribution in [2.24, 2.45) is 17.8 Å². The molecule has 0 N–H and O–H groups in total. The van der Waals surface area contributed by atoms with Gasteiger partial charge in [0.2, 0.25) is 5.91 Å². The summed E-state index contributed by atoms with van der Waals surface area (Å²) in [6, 6.07) is 11.4. The average Bonchev–Trinajstić information content (AvgIpc) is 3.73. The minimum Gasteiger partial charge on any atom is -0.338 e. The summed E-state index contributed by atoms with van der Waals surface area (Å²) < 4.78 is 0. The fourth-order valence-electron chi connectivity index (χ4n) is 7.21. The lowest BCUT2D eigenvalue weighted by molar-refractivity contribution is -0.139. The van der Waals surface area contributed by atoms with Gasteiger partial charge in [0.25, 0.3) is 5.91 Å². The zero-order chi connectivity index (χ0) is 25.5. The molecule has 2 aliphatic carbocycles. The van der Waals surface area contributed by atoms with Crippen molar-refractivity contribution >= 4 is 11.8 Å². The van der Waals surface area contributed by atoms with Crippen LogP contribution in [0.4, 0.5) is 0 Å². The molecule has 2 atom stereocenters. The van der Waals surface area contributed by atoms with Crippen LogP contribution in [0.15, 0.2) is 36.7 Å². The second-order valence-corrected chi connectivity index (χ2v) is 11.7. The van der Waals surface area contributed by atoms with E-state index in [0.717, 1.165) is 69.8 Å².